The summed E-state index contributed by atoms with van der Waals surface area (Å²) in [5, 5.41) is 8.05. The minimum absolute atomic E-state index is 0.396. The highest BCUT2D eigenvalue weighted by Gasteiger charge is 2.07. The Morgan fingerprint density at radius 3 is 2.67 bits per heavy atom. The van der Waals surface area contributed by atoms with Crippen molar-refractivity contribution in [1.29, 1.82) is 0 Å². The Kier molecular flexibility index (Phi) is 3.62. The molecule has 5 heteroatoms. The summed E-state index contributed by atoms with van der Waals surface area (Å²) in [6, 6.07) is 5.99. The highest BCUT2D eigenvalue weighted by molar-refractivity contribution is 5.36. The standard InChI is InChI=1S/C13H18N4O/c1-9-4-5-12(11(6-9)7-14)18-8-13-16-15-10(2)17(13)3/h4-6H,7-8,14H2,1-3H3. The fraction of sp³-hybridized carbons (Fsp3) is 0.385. The third kappa shape index (κ3) is 2.51. The molecule has 96 valence electrons. The minimum Gasteiger partial charge on any atom is -0.485 e. The fourth-order valence-corrected chi connectivity index (χ4v) is 1.73. The number of ether oxygens (including phenoxy) is 1. The van der Waals surface area contributed by atoms with Gasteiger partial charge in [-0.3, -0.25) is 0 Å². The van der Waals surface area contributed by atoms with E-state index in [1.165, 1.54) is 5.56 Å². The van der Waals surface area contributed by atoms with Gasteiger partial charge in [0.2, 0.25) is 0 Å². The molecule has 2 rings (SSSR count). The topological polar surface area (TPSA) is 66.0 Å². The average Bonchev–Trinajstić information content (AvgIpc) is 2.68. The SMILES string of the molecule is Cc1ccc(OCc2nnc(C)n2C)c(CN)c1. The molecule has 1 heterocycles. The molecule has 0 fully saturated rings. The number of nitrogens with two attached hydrogens (primary N) is 1. The van der Waals surface area contributed by atoms with Crippen molar-refractivity contribution in [3.8, 4) is 5.75 Å². The third-order valence-electron chi connectivity index (χ3n) is 2.98. The molecule has 0 aliphatic rings. The van der Waals surface area contributed by atoms with Gasteiger partial charge in [-0.25, -0.2) is 0 Å². The van der Waals surface area contributed by atoms with E-state index < -0.39 is 0 Å². The molecule has 0 unspecified atom stereocenters. The number of nitrogens with zero attached hydrogens (tertiary/aromatic N) is 3. The van der Waals surface area contributed by atoms with Gasteiger partial charge in [0.15, 0.2) is 5.82 Å². The van der Waals surface area contributed by atoms with Gasteiger partial charge >= 0.3 is 0 Å². The zero-order valence-electron chi connectivity index (χ0n) is 11.0. The predicted octanol–water partition coefficient (Wildman–Crippen LogP) is 1.47. The van der Waals surface area contributed by atoms with Crippen LogP contribution in [0.25, 0.3) is 0 Å². The Bertz CT molecular complexity index is 548. The van der Waals surface area contributed by atoms with Crippen LogP contribution >= 0.6 is 0 Å². The number of hydrogen-bond acceptors (Lipinski definition) is 4. The lowest BCUT2D eigenvalue weighted by Gasteiger charge is -2.10. The Hall–Kier alpha value is -1.88. The van der Waals surface area contributed by atoms with Crippen LogP contribution < -0.4 is 10.5 Å². The summed E-state index contributed by atoms with van der Waals surface area (Å²) in [5.41, 5.74) is 7.90. The molecule has 0 atom stereocenters. The van der Waals surface area contributed by atoms with E-state index in [9.17, 15) is 0 Å². The zero-order chi connectivity index (χ0) is 13.1. The molecular weight excluding hydrogens is 228 g/mol. The third-order valence-corrected chi connectivity index (χ3v) is 2.98. The highest BCUT2D eigenvalue weighted by atomic mass is 16.5. The molecule has 1 aromatic heterocycles. The quantitative estimate of drug-likeness (QED) is 0.887. The first-order valence-corrected chi connectivity index (χ1v) is 5.89. The minimum atomic E-state index is 0.396. The van der Waals surface area contributed by atoms with Crippen LogP contribution in [-0.2, 0) is 20.2 Å². The molecule has 0 radical (unpaired) electrons. The maximum Gasteiger partial charge on any atom is 0.170 e. The Labute approximate surface area is 107 Å². The molecule has 2 aromatic rings. The van der Waals surface area contributed by atoms with Crippen LogP contribution in [0.4, 0.5) is 0 Å². The summed E-state index contributed by atoms with van der Waals surface area (Å²) in [6.07, 6.45) is 0. The number of hydrogen-bond donors (Lipinski definition) is 1. The molecule has 5 nitrogen and oxygen atoms in total. The predicted molar refractivity (Wildman–Crippen MR) is 69.1 cm³/mol. The fourth-order valence-electron chi connectivity index (χ4n) is 1.73. The van der Waals surface area contributed by atoms with E-state index in [1.807, 2.05) is 43.7 Å². The number of rotatable bonds is 4. The van der Waals surface area contributed by atoms with E-state index in [0.29, 0.717) is 13.2 Å². The van der Waals surface area contributed by atoms with Crippen molar-refractivity contribution in [2.75, 3.05) is 0 Å². The van der Waals surface area contributed by atoms with Crippen LogP contribution in [0.3, 0.4) is 0 Å². The number of benzene rings is 1. The molecule has 0 bridgehead atoms. The van der Waals surface area contributed by atoms with Crippen LogP contribution in [0.1, 0.15) is 22.8 Å². The van der Waals surface area contributed by atoms with Crippen molar-refractivity contribution >= 4 is 0 Å². The molecule has 2 N–H and O–H groups in total. The van der Waals surface area contributed by atoms with Gasteiger partial charge in [0.1, 0.15) is 18.2 Å². The summed E-state index contributed by atoms with van der Waals surface area (Å²) in [5.74, 6) is 2.48. The van der Waals surface area contributed by atoms with E-state index in [0.717, 1.165) is 23.0 Å². The highest BCUT2D eigenvalue weighted by Crippen LogP contribution is 2.20. The molecule has 0 saturated heterocycles. The van der Waals surface area contributed by atoms with Crippen molar-refractivity contribution in [3.05, 3.63) is 41.0 Å². The monoisotopic (exact) mass is 246 g/mol. The van der Waals surface area contributed by atoms with E-state index in [-0.39, 0.29) is 0 Å². The second-order valence-electron chi connectivity index (χ2n) is 4.33. The summed E-state index contributed by atoms with van der Waals surface area (Å²) in [6.45, 7) is 4.81. The molecule has 1 aromatic carbocycles. The second-order valence-corrected chi connectivity index (χ2v) is 4.33. The molecule has 0 saturated carbocycles. The Balaban J connectivity index is 2.13. The number of aryl methyl sites for hydroxylation is 2. The van der Waals surface area contributed by atoms with Crippen LogP contribution in [0.5, 0.6) is 5.75 Å². The average molecular weight is 246 g/mol. The molecule has 0 amide bonds. The number of aromatic nitrogens is 3. The smallest absolute Gasteiger partial charge is 0.170 e. The second kappa shape index (κ2) is 5.18. The maximum atomic E-state index is 5.76. The van der Waals surface area contributed by atoms with Gasteiger partial charge in [-0.1, -0.05) is 17.7 Å². The molecule has 0 spiro atoms. The molecule has 0 aliphatic heterocycles. The van der Waals surface area contributed by atoms with Crippen molar-refractivity contribution in [2.24, 2.45) is 12.8 Å². The van der Waals surface area contributed by atoms with Gasteiger partial charge in [0, 0.05) is 19.2 Å². The van der Waals surface area contributed by atoms with E-state index in [4.69, 9.17) is 10.5 Å². The van der Waals surface area contributed by atoms with Crippen molar-refractivity contribution < 1.29 is 4.74 Å². The first-order valence-electron chi connectivity index (χ1n) is 5.89. The van der Waals surface area contributed by atoms with Crippen LogP contribution in [0, 0.1) is 13.8 Å². The van der Waals surface area contributed by atoms with Crippen molar-refractivity contribution in [2.45, 2.75) is 27.0 Å². The zero-order valence-corrected chi connectivity index (χ0v) is 11.0. The van der Waals surface area contributed by atoms with E-state index in [2.05, 4.69) is 10.2 Å². The van der Waals surface area contributed by atoms with E-state index in [1.54, 1.807) is 0 Å². The van der Waals surface area contributed by atoms with Gasteiger partial charge in [-0.2, -0.15) is 0 Å². The maximum absolute atomic E-state index is 5.76. The Morgan fingerprint density at radius 2 is 2.06 bits per heavy atom. The lowest BCUT2D eigenvalue weighted by molar-refractivity contribution is 0.288. The van der Waals surface area contributed by atoms with Gasteiger partial charge in [-0.15, -0.1) is 10.2 Å². The summed E-state index contributed by atoms with van der Waals surface area (Å²) in [7, 11) is 1.92. The van der Waals surface area contributed by atoms with Gasteiger partial charge in [0.25, 0.3) is 0 Å². The first kappa shape index (κ1) is 12.6. The van der Waals surface area contributed by atoms with Gasteiger partial charge in [0.05, 0.1) is 0 Å². The van der Waals surface area contributed by atoms with Crippen molar-refractivity contribution in [3.63, 3.8) is 0 Å². The van der Waals surface area contributed by atoms with Crippen LogP contribution in [0.15, 0.2) is 18.2 Å². The first-order chi connectivity index (χ1) is 8.61. The summed E-state index contributed by atoms with van der Waals surface area (Å²) >= 11 is 0. The molecule has 0 aliphatic carbocycles. The largest absolute Gasteiger partial charge is 0.485 e. The summed E-state index contributed by atoms with van der Waals surface area (Å²) in [4.78, 5) is 0. The Morgan fingerprint density at radius 1 is 1.28 bits per heavy atom. The lowest BCUT2D eigenvalue weighted by Crippen LogP contribution is -2.07. The lowest BCUT2D eigenvalue weighted by atomic mass is 10.1. The van der Waals surface area contributed by atoms with Gasteiger partial charge in [-0.05, 0) is 19.9 Å². The molecule has 18 heavy (non-hydrogen) atoms. The van der Waals surface area contributed by atoms with Gasteiger partial charge < -0.3 is 15.0 Å². The summed E-state index contributed by atoms with van der Waals surface area (Å²) < 4.78 is 7.67. The van der Waals surface area contributed by atoms with Crippen LogP contribution in [0.2, 0.25) is 0 Å². The van der Waals surface area contributed by atoms with Crippen molar-refractivity contribution in [1.82, 2.24) is 14.8 Å². The normalized spacial score (nSPS) is 10.7. The molecular formula is C13H18N4O. The van der Waals surface area contributed by atoms with Crippen LogP contribution in [-0.4, -0.2) is 14.8 Å². The van der Waals surface area contributed by atoms with E-state index >= 15 is 0 Å².